The molecule has 0 radical (unpaired) electrons. The van der Waals surface area contributed by atoms with Crippen molar-refractivity contribution in [3.63, 3.8) is 0 Å². The number of carboxylic acids is 1. The molecule has 3 N–H and O–H groups in total. The van der Waals surface area contributed by atoms with Gasteiger partial charge < -0.3 is 14.9 Å². The minimum absolute atomic E-state index is 0.0360. The third-order valence-corrected chi connectivity index (χ3v) is 2.50. The van der Waals surface area contributed by atoms with Crippen LogP contribution in [0.4, 0.5) is 0 Å². The number of aliphatic carboxylic acids is 1. The van der Waals surface area contributed by atoms with Crippen LogP contribution in [0.1, 0.15) is 27.2 Å². The molecule has 5 heteroatoms. The molecule has 16 heavy (non-hydrogen) atoms. The number of hydrogen-bond acceptors (Lipinski definition) is 4. The van der Waals surface area contributed by atoms with Gasteiger partial charge in [-0.15, -0.1) is 0 Å². The molecule has 0 rings (SSSR count). The summed E-state index contributed by atoms with van der Waals surface area (Å²) in [5.41, 5.74) is -0.107. The first-order valence-electron chi connectivity index (χ1n) is 5.41. The van der Waals surface area contributed by atoms with Crippen molar-refractivity contribution in [1.82, 2.24) is 5.32 Å². The highest BCUT2D eigenvalue weighted by atomic mass is 16.5. The van der Waals surface area contributed by atoms with Gasteiger partial charge in [0.05, 0.1) is 6.61 Å². The summed E-state index contributed by atoms with van der Waals surface area (Å²) in [5, 5.41) is 21.0. The van der Waals surface area contributed by atoms with Crippen molar-refractivity contribution in [3.05, 3.63) is 0 Å². The second-order valence-electron chi connectivity index (χ2n) is 4.94. The Labute approximate surface area is 96.8 Å². The van der Waals surface area contributed by atoms with Crippen molar-refractivity contribution < 1.29 is 19.7 Å². The minimum atomic E-state index is -0.936. The number of methoxy groups -OCH3 is 1. The molecule has 5 nitrogen and oxygen atoms in total. The van der Waals surface area contributed by atoms with Gasteiger partial charge in [0, 0.05) is 19.8 Å². The van der Waals surface area contributed by atoms with Gasteiger partial charge in [-0.25, -0.2) is 0 Å². The average molecular weight is 233 g/mol. The smallest absolute Gasteiger partial charge is 0.323 e. The van der Waals surface area contributed by atoms with E-state index in [2.05, 4.69) is 5.32 Å². The largest absolute Gasteiger partial charge is 0.480 e. The van der Waals surface area contributed by atoms with Gasteiger partial charge in [0.25, 0.3) is 0 Å². The molecule has 0 spiro atoms. The maximum Gasteiger partial charge on any atom is 0.323 e. The number of aliphatic hydroxyl groups excluding tert-OH is 1. The fourth-order valence-electron chi connectivity index (χ4n) is 1.50. The van der Waals surface area contributed by atoms with Crippen LogP contribution in [0.5, 0.6) is 0 Å². The maximum atomic E-state index is 11.0. The number of carbonyl (C=O) groups is 1. The second kappa shape index (κ2) is 6.83. The molecule has 0 aliphatic rings. The van der Waals surface area contributed by atoms with Crippen LogP contribution in [0.15, 0.2) is 0 Å². The summed E-state index contributed by atoms with van der Waals surface area (Å²) in [6, 6.07) is -0.797. The zero-order valence-electron chi connectivity index (χ0n) is 10.5. The van der Waals surface area contributed by atoms with Crippen molar-refractivity contribution in [2.75, 3.05) is 20.3 Å². The monoisotopic (exact) mass is 233 g/mol. The van der Waals surface area contributed by atoms with E-state index in [1.54, 1.807) is 0 Å². The summed E-state index contributed by atoms with van der Waals surface area (Å²) in [4.78, 5) is 11.0. The molecular weight excluding hydrogens is 210 g/mol. The zero-order valence-corrected chi connectivity index (χ0v) is 10.5. The SMILES string of the molecule is COCC(NC(CCO)C(C)(C)C)C(=O)O. The van der Waals surface area contributed by atoms with Crippen LogP contribution >= 0.6 is 0 Å². The lowest BCUT2D eigenvalue weighted by Crippen LogP contribution is -2.51. The zero-order chi connectivity index (χ0) is 12.8. The van der Waals surface area contributed by atoms with Crippen molar-refractivity contribution in [2.24, 2.45) is 5.41 Å². The highest BCUT2D eigenvalue weighted by Crippen LogP contribution is 2.22. The molecule has 0 amide bonds. The normalized spacial score (nSPS) is 15.8. The van der Waals surface area contributed by atoms with Gasteiger partial charge in [0.15, 0.2) is 0 Å². The van der Waals surface area contributed by atoms with Gasteiger partial charge in [-0.1, -0.05) is 20.8 Å². The second-order valence-corrected chi connectivity index (χ2v) is 4.94. The molecule has 0 aromatic rings. The fraction of sp³-hybridized carbons (Fsp3) is 0.909. The van der Waals surface area contributed by atoms with E-state index < -0.39 is 12.0 Å². The minimum Gasteiger partial charge on any atom is -0.480 e. The number of rotatable bonds is 7. The summed E-state index contributed by atoms with van der Waals surface area (Å²) in [6.07, 6.45) is 0.525. The first-order chi connectivity index (χ1) is 7.32. The van der Waals surface area contributed by atoms with E-state index in [-0.39, 0.29) is 24.7 Å². The van der Waals surface area contributed by atoms with Crippen LogP contribution in [0.3, 0.4) is 0 Å². The number of hydrogen-bond donors (Lipinski definition) is 3. The number of carboxylic acid groups (broad SMARTS) is 1. The lowest BCUT2D eigenvalue weighted by molar-refractivity contribution is -0.141. The molecule has 0 aliphatic heterocycles. The lowest BCUT2D eigenvalue weighted by Gasteiger charge is -2.33. The quantitative estimate of drug-likeness (QED) is 0.596. The predicted molar refractivity (Wildman–Crippen MR) is 61.4 cm³/mol. The van der Waals surface area contributed by atoms with Gasteiger partial charge in [0.2, 0.25) is 0 Å². The van der Waals surface area contributed by atoms with Gasteiger partial charge in [0.1, 0.15) is 6.04 Å². The highest BCUT2D eigenvalue weighted by Gasteiger charge is 2.29. The lowest BCUT2D eigenvalue weighted by atomic mass is 9.84. The van der Waals surface area contributed by atoms with Crippen molar-refractivity contribution >= 4 is 5.97 Å². The Morgan fingerprint density at radius 1 is 1.44 bits per heavy atom. The van der Waals surface area contributed by atoms with Gasteiger partial charge in [-0.3, -0.25) is 10.1 Å². The summed E-state index contributed by atoms with van der Waals surface area (Å²) in [7, 11) is 1.47. The molecule has 0 bridgehead atoms. The van der Waals surface area contributed by atoms with Crippen LogP contribution in [0.2, 0.25) is 0 Å². The third kappa shape index (κ3) is 5.44. The van der Waals surface area contributed by atoms with E-state index >= 15 is 0 Å². The topological polar surface area (TPSA) is 78.8 Å². The van der Waals surface area contributed by atoms with E-state index in [1.807, 2.05) is 20.8 Å². The van der Waals surface area contributed by atoms with Crippen LogP contribution in [0, 0.1) is 5.41 Å². The molecule has 0 saturated heterocycles. The molecule has 0 aromatic carbocycles. The molecule has 0 fully saturated rings. The van der Waals surface area contributed by atoms with E-state index in [9.17, 15) is 4.79 Å². The Hall–Kier alpha value is -0.650. The first kappa shape index (κ1) is 15.3. The number of nitrogens with one attached hydrogen (secondary N) is 1. The molecular formula is C11H23NO4. The molecule has 96 valence electrons. The van der Waals surface area contributed by atoms with Crippen LogP contribution in [0.25, 0.3) is 0 Å². The average Bonchev–Trinajstić information content (AvgIpc) is 2.14. The van der Waals surface area contributed by atoms with Crippen LogP contribution in [-0.4, -0.2) is 48.6 Å². The third-order valence-electron chi connectivity index (χ3n) is 2.50. The fourth-order valence-corrected chi connectivity index (χ4v) is 1.50. The van der Waals surface area contributed by atoms with E-state index in [0.29, 0.717) is 6.42 Å². The highest BCUT2D eigenvalue weighted by molar-refractivity contribution is 5.73. The summed E-state index contributed by atoms with van der Waals surface area (Å²) in [5.74, 6) is -0.936. The van der Waals surface area contributed by atoms with Crippen LogP contribution in [-0.2, 0) is 9.53 Å². The molecule has 2 atom stereocenters. The van der Waals surface area contributed by atoms with Crippen molar-refractivity contribution in [3.8, 4) is 0 Å². The molecule has 0 heterocycles. The summed E-state index contributed by atoms with van der Waals surface area (Å²) in [6.45, 7) is 6.17. The van der Waals surface area contributed by atoms with E-state index in [4.69, 9.17) is 14.9 Å². The first-order valence-corrected chi connectivity index (χ1v) is 5.41. The molecule has 2 unspecified atom stereocenters. The number of aliphatic hydroxyl groups is 1. The van der Waals surface area contributed by atoms with E-state index in [1.165, 1.54) is 7.11 Å². The Morgan fingerprint density at radius 2 is 2.00 bits per heavy atom. The Kier molecular flexibility index (Phi) is 6.55. The van der Waals surface area contributed by atoms with Gasteiger partial charge >= 0.3 is 5.97 Å². The molecule has 0 aliphatic carbocycles. The van der Waals surface area contributed by atoms with Crippen molar-refractivity contribution in [1.29, 1.82) is 0 Å². The Balaban J connectivity index is 4.51. The predicted octanol–water partition coefficient (Wildman–Crippen LogP) is 0.473. The Morgan fingerprint density at radius 3 is 2.31 bits per heavy atom. The van der Waals surface area contributed by atoms with Crippen LogP contribution < -0.4 is 5.32 Å². The maximum absolute atomic E-state index is 11.0. The van der Waals surface area contributed by atoms with E-state index in [0.717, 1.165) is 0 Å². The van der Waals surface area contributed by atoms with Crippen molar-refractivity contribution in [2.45, 2.75) is 39.3 Å². The Bertz CT molecular complexity index is 213. The summed E-state index contributed by atoms with van der Waals surface area (Å²) < 4.78 is 4.85. The standard InChI is InChI=1S/C11H23NO4/c1-11(2,3)9(5-6-13)12-8(7-16-4)10(14)15/h8-9,12-13H,5-7H2,1-4H3,(H,14,15). The van der Waals surface area contributed by atoms with Gasteiger partial charge in [-0.2, -0.15) is 0 Å². The molecule has 0 aromatic heterocycles. The number of ether oxygens (including phenoxy) is 1. The molecule has 0 saturated carbocycles. The van der Waals surface area contributed by atoms with Gasteiger partial charge in [-0.05, 0) is 11.8 Å². The summed E-state index contributed by atoms with van der Waals surface area (Å²) >= 11 is 0.